The molecule has 5 nitrogen and oxygen atoms in total. The van der Waals surface area contributed by atoms with Crippen LogP contribution in [0.25, 0.3) is 0 Å². The summed E-state index contributed by atoms with van der Waals surface area (Å²) in [6.45, 7) is 6.30. The van der Waals surface area contributed by atoms with Gasteiger partial charge in [-0.05, 0) is 42.3 Å². The summed E-state index contributed by atoms with van der Waals surface area (Å²) < 4.78 is 0. The second-order valence-corrected chi connectivity index (χ2v) is 8.29. The van der Waals surface area contributed by atoms with Crippen molar-refractivity contribution in [1.82, 2.24) is 9.80 Å². The van der Waals surface area contributed by atoms with Crippen LogP contribution in [0, 0.1) is 18.3 Å². The van der Waals surface area contributed by atoms with E-state index in [2.05, 4.69) is 21.2 Å². The number of piperazine rings is 1. The minimum absolute atomic E-state index is 0.000551. The van der Waals surface area contributed by atoms with E-state index in [4.69, 9.17) is 5.26 Å². The first-order chi connectivity index (χ1) is 15.6. The summed E-state index contributed by atoms with van der Waals surface area (Å²) in [7, 11) is 0. The molecular weight excluding hydrogens is 396 g/mol. The van der Waals surface area contributed by atoms with E-state index in [-0.39, 0.29) is 11.9 Å². The summed E-state index contributed by atoms with van der Waals surface area (Å²) in [6, 6.07) is 27.6. The molecule has 3 aromatic rings. The van der Waals surface area contributed by atoms with Gasteiger partial charge in [-0.3, -0.25) is 14.6 Å². The summed E-state index contributed by atoms with van der Waals surface area (Å²) in [5.74, 6) is 0.000551. The fraction of sp³-hybridized carbons (Fsp3) is 0.259. The summed E-state index contributed by atoms with van der Waals surface area (Å²) >= 11 is 0. The average molecular weight is 425 g/mol. The van der Waals surface area contributed by atoms with Crippen molar-refractivity contribution >= 4 is 11.6 Å². The van der Waals surface area contributed by atoms with Gasteiger partial charge in [0.25, 0.3) is 0 Å². The molecule has 0 saturated carbocycles. The maximum Gasteiger partial charge on any atom is 0.246 e. The number of carbonyl (C=O) groups is 1. The highest BCUT2D eigenvalue weighted by molar-refractivity contribution is 5.95. The Labute approximate surface area is 189 Å². The van der Waals surface area contributed by atoms with E-state index < -0.39 is 0 Å². The number of benzene rings is 3. The molecule has 3 aromatic carbocycles. The summed E-state index contributed by atoms with van der Waals surface area (Å²) in [6.07, 6.45) is 0. The van der Waals surface area contributed by atoms with Crippen LogP contribution in [0.1, 0.15) is 28.3 Å². The van der Waals surface area contributed by atoms with Gasteiger partial charge < -0.3 is 5.32 Å². The van der Waals surface area contributed by atoms with Gasteiger partial charge in [0.2, 0.25) is 5.91 Å². The Morgan fingerprint density at radius 2 is 1.59 bits per heavy atom. The zero-order valence-electron chi connectivity index (χ0n) is 18.4. The first-order valence-electron chi connectivity index (χ1n) is 11.0. The van der Waals surface area contributed by atoms with Gasteiger partial charge >= 0.3 is 0 Å². The zero-order chi connectivity index (χ0) is 22.3. The van der Waals surface area contributed by atoms with Crippen LogP contribution in [-0.2, 0) is 11.3 Å². The molecule has 1 heterocycles. The summed E-state index contributed by atoms with van der Waals surface area (Å²) in [5, 5.41) is 12.1. The highest BCUT2D eigenvalue weighted by Crippen LogP contribution is 2.25. The Morgan fingerprint density at radius 1 is 0.938 bits per heavy atom. The molecule has 5 heteroatoms. The molecule has 1 aliphatic rings. The minimum atomic E-state index is -0.324. The summed E-state index contributed by atoms with van der Waals surface area (Å²) in [4.78, 5) is 18.0. The van der Waals surface area contributed by atoms with E-state index in [1.54, 1.807) is 0 Å². The molecule has 1 aliphatic heterocycles. The lowest BCUT2D eigenvalue weighted by Gasteiger charge is -2.38. The molecule has 32 heavy (non-hydrogen) atoms. The van der Waals surface area contributed by atoms with Crippen molar-refractivity contribution in [3.8, 4) is 6.07 Å². The molecule has 0 aliphatic carbocycles. The second-order valence-electron chi connectivity index (χ2n) is 8.29. The predicted molar refractivity (Wildman–Crippen MR) is 127 cm³/mol. The first kappa shape index (κ1) is 21.8. The fourth-order valence-corrected chi connectivity index (χ4v) is 4.13. The Kier molecular flexibility index (Phi) is 6.96. The van der Waals surface area contributed by atoms with Crippen LogP contribution in [-0.4, -0.2) is 41.9 Å². The molecular formula is C27H28N4O. The third kappa shape index (κ3) is 5.42. The fourth-order valence-electron chi connectivity index (χ4n) is 4.13. The van der Waals surface area contributed by atoms with E-state index in [0.717, 1.165) is 44.0 Å². The number of rotatable bonds is 6. The number of anilines is 1. The van der Waals surface area contributed by atoms with Crippen LogP contribution in [0.15, 0.2) is 78.9 Å². The molecule has 1 unspecified atom stereocenters. The standard InChI is InChI=1S/C27H28N4O/c1-21-7-13-25(14-8-21)29-27(32)26(24-5-3-2-4-6-24)31-17-15-30(16-18-31)20-23-11-9-22(19-28)10-12-23/h2-14,26H,15-18,20H2,1H3,(H,29,32). The summed E-state index contributed by atoms with van der Waals surface area (Å²) in [5.41, 5.74) is 4.89. The smallest absolute Gasteiger partial charge is 0.246 e. The number of hydrogen-bond donors (Lipinski definition) is 1. The number of nitrogens with one attached hydrogen (secondary N) is 1. The topological polar surface area (TPSA) is 59.4 Å². The maximum absolute atomic E-state index is 13.3. The number of amides is 1. The van der Waals surface area contributed by atoms with E-state index in [0.29, 0.717) is 5.56 Å². The van der Waals surface area contributed by atoms with Crippen molar-refractivity contribution < 1.29 is 4.79 Å². The van der Waals surface area contributed by atoms with Gasteiger partial charge in [0, 0.05) is 38.4 Å². The minimum Gasteiger partial charge on any atom is -0.324 e. The van der Waals surface area contributed by atoms with Gasteiger partial charge in [-0.1, -0.05) is 60.2 Å². The lowest BCUT2D eigenvalue weighted by molar-refractivity contribution is -0.122. The van der Waals surface area contributed by atoms with E-state index >= 15 is 0 Å². The number of aryl methyl sites for hydroxylation is 1. The zero-order valence-corrected chi connectivity index (χ0v) is 18.4. The van der Waals surface area contributed by atoms with Crippen molar-refractivity contribution in [2.75, 3.05) is 31.5 Å². The molecule has 162 valence electrons. The van der Waals surface area contributed by atoms with Crippen molar-refractivity contribution in [2.24, 2.45) is 0 Å². The quantitative estimate of drug-likeness (QED) is 0.639. The molecule has 0 aromatic heterocycles. The van der Waals surface area contributed by atoms with Crippen molar-refractivity contribution in [1.29, 1.82) is 5.26 Å². The van der Waals surface area contributed by atoms with E-state index in [1.165, 1.54) is 11.1 Å². The van der Waals surface area contributed by atoms with Gasteiger partial charge in [0.1, 0.15) is 6.04 Å². The first-order valence-corrected chi connectivity index (χ1v) is 11.0. The van der Waals surface area contributed by atoms with Gasteiger partial charge in [-0.25, -0.2) is 0 Å². The molecule has 1 fully saturated rings. The molecule has 1 saturated heterocycles. The van der Waals surface area contributed by atoms with Crippen molar-refractivity contribution in [3.63, 3.8) is 0 Å². The second kappa shape index (κ2) is 10.2. The van der Waals surface area contributed by atoms with Gasteiger partial charge in [0.15, 0.2) is 0 Å². The van der Waals surface area contributed by atoms with Crippen LogP contribution < -0.4 is 5.32 Å². The van der Waals surface area contributed by atoms with E-state index in [9.17, 15) is 4.79 Å². The number of carbonyl (C=O) groups excluding carboxylic acids is 1. The predicted octanol–water partition coefficient (Wildman–Crippen LogP) is 4.36. The van der Waals surface area contributed by atoms with Gasteiger partial charge in [-0.15, -0.1) is 0 Å². The average Bonchev–Trinajstić information content (AvgIpc) is 2.83. The number of hydrogen-bond acceptors (Lipinski definition) is 4. The highest BCUT2D eigenvalue weighted by atomic mass is 16.2. The Bertz CT molecular complexity index is 1060. The highest BCUT2D eigenvalue weighted by Gasteiger charge is 2.30. The monoisotopic (exact) mass is 424 g/mol. The van der Waals surface area contributed by atoms with Gasteiger partial charge in [0.05, 0.1) is 11.6 Å². The molecule has 1 atom stereocenters. The molecule has 1 amide bonds. The largest absolute Gasteiger partial charge is 0.324 e. The molecule has 1 N–H and O–H groups in total. The molecule has 0 radical (unpaired) electrons. The lowest BCUT2D eigenvalue weighted by atomic mass is 10.0. The number of nitrogens with zero attached hydrogens (tertiary/aromatic N) is 3. The Balaban J connectivity index is 1.43. The van der Waals surface area contributed by atoms with Crippen molar-refractivity contribution in [2.45, 2.75) is 19.5 Å². The SMILES string of the molecule is Cc1ccc(NC(=O)C(c2ccccc2)N2CCN(Cc3ccc(C#N)cc3)CC2)cc1. The third-order valence-electron chi connectivity index (χ3n) is 5.94. The van der Waals surface area contributed by atoms with Crippen molar-refractivity contribution in [3.05, 3.63) is 101 Å². The third-order valence-corrected chi connectivity index (χ3v) is 5.94. The lowest BCUT2D eigenvalue weighted by Crippen LogP contribution is -2.49. The Hall–Kier alpha value is -3.46. The van der Waals surface area contributed by atoms with Crippen LogP contribution in [0.3, 0.4) is 0 Å². The van der Waals surface area contributed by atoms with Gasteiger partial charge in [-0.2, -0.15) is 5.26 Å². The Morgan fingerprint density at radius 3 is 2.22 bits per heavy atom. The normalized spacial score (nSPS) is 15.6. The van der Waals surface area contributed by atoms with E-state index in [1.807, 2.05) is 85.8 Å². The number of nitriles is 1. The van der Waals surface area contributed by atoms with Crippen LogP contribution >= 0.6 is 0 Å². The maximum atomic E-state index is 13.3. The van der Waals surface area contributed by atoms with Crippen LogP contribution in [0.2, 0.25) is 0 Å². The van der Waals surface area contributed by atoms with Crippen LogP contribution in [0.5, 0.6) is 0 Å². The molecule has 0 spiro atoms. The molecule has 4 rings (SSSR count). The molecule has 0 bridgehead atoms. The van der Waals surface area contributed by atoms with Crippen LogP contribution in [0.4, 0.5) is 5.69 Å².